The maximum atomic E-state index is 6.07. The first-order valence-corrected chi connectivity index (χ1v) is 8.13. The van der Waals surface area contributed by atoms with Crippen molar-refractivity contribution >= 4 is 0 Å². The molecule has 0 aliphatic carbocycles. The number of aryl methyl sites for hydroxylation is 1. The second kappa shape index (κ2) is 7.79. The molecule has 20 heavy (non-hydrogen) atoms. The van der Waals surface area contributed by atoms with Gasteiger partial charge in [-0.1, -0.05) is 13.8 Å². The van der Waals surface area contributed by atoms with Crippen LogP contribution in [0.3, 0.4) is 0 Å². The number of rotatable bonds is 8. The summed E-state index contributed by atoms with van der Waals surface area (Å²) in [5.74, 6) is 1.18. The van der Waals surface area contributed by atoms with Crippen LogP contribution in [0.4, 0.5) is 0 Å². The average Bonchev–Trinajstić information content (AvgIpc) is 3.04. The highest BCUT2D eigenvalue weighted by atomic mass is 16.5. The Morgan fingerprint density at radius 3 is 2.90 bits per heavy atom. The van der Waals surface area contributed by atoms with Crippen LogP contribution in [0.5, 0.6) is 0 Å². The van der Waals surface area contributed by atoms with Crippen LogP contribution < -0.4 is 5.32 Å². The Labute approximate surface area is 122 Å². The second-order valence-electron chi connectivity index (χ2n) is 5.86. The highest BCUT2D eigenvalue weighted by Gasteiger charge is 2.30. The molecule has 1 aromatic rings. The van der Waals surface area contributed by atoms with E-state index in [0.717, 1.165) is 38.8 Å². The van der Waals surface area contributed by atoms with E-state index in [1.165, 1.54) is 12.2 Å². The van der Waals surface area contributed by atoms with Gasteiger partial charge in [0.05, 0.1) is 12.2 Å². The van der Waals surface area contributed by atoms with Gasteiger partial charge in [-0.05, 0) is 39.2 Å². The van der Waals surface area contributed by atoms with E-state index in [0.29, 0.717) is 18.2 Å². The Hall–Kier alpha value is -0.870. The van der Waals surface area contributed by atoms with E-state index < -0.39 is 0 Å². The monoisotopic (exact) mass is 279 g/mol. The Kier molecular flexibility index (Phi) is 6.05. The van der Waals surface area contributed by atoms with E-state index >= 15 is 0 Å². The SMILES string of the molecule is CCCNC(Cc1nccn1CCC)C1CCC(C)O1. The topological polar surface area (TPSA) is 39.1 Å². The molecule has 0 spiro atoms. The summed E-state index contributed by atoms with van der Waals surface area (Å²) in [6.45, 7) is 8.69. The molecule has 4 heteroatoms. The molecule has 0 amide bonds. The van der Waals surface area contributed by atoms with Crippen molar-refractivity contribution in [2.75, 3.05) is 6.54 Å². The van der Waals surface area contributed by atoms with Crippen molar-refractivity contribution in [3.8, 4) is 0 Å². The molecule has 2 heterocycles. The van der Waals surface area contributed by atoms with Crippen molar-refractivity contribution in [2.45, 2.75) is 77.7 Å². The van der Waals surface area contributed by atoms with Gasteiger partial charge >= 0.3 is 0 Å². The molecule has 3 unspecified atom stereocenters. The van der Waals surface area contributed by atoms with E-state index in [4.69, 9.17) is 4.74 Å². The summed E-state index contributed by atoms with van der Waals surface area (Å²) in [7, 11) is 0. The minimum absolute atomic E-state index is 0.336. The summed E-state index contributed by atoms with van der Waals surface area (Å²) in [4.78, 5) is 4.54. The zero-order valence-corrected chi connectivity index (χ0v) is 13.1. The third-order valence-corrected chi connectivity index (χ3v) is 4.04. The molecule has 0 saturated carbocycles. The maximum Gasteiger partial charge on any atom is 0.110 e. The first-order valence-electron chi connectivity index (χ1n) is 8.13. The van der Waals surface area contributed by atoms with E-state index in [1.54, 1.807) is 0 Å². The molecule has 0 bridgehead atoms. The fourth-order valence-electron chi connectivity index (χ4n) is 2.97. The van der Waals surface area contributed by atoms with Crippen molar-refractivity contribution < 1.29 is 4.74 Å². The van der Waals surface area contributed by atoms with E-state index in [1.807, 2.05) is 6.20 Å². The molecule has 1 N–H and O–H groups in total. The third-order valence-electron chi connectivity index (χ3n) is 4.04. The lowest BCUT2D eigenvalue weighted by atomic mass is 10.0. The molecule has 0 aromatic carbocycles. The molecule has 1 aliphatic heterocycles. The summed E-state index contributed by atoms with van der Waals surface area (Å²) < 4.78 is 8.35. The quantitative estimate of drug-likeness (QED) is 0.795. The van der Waals surface area contributed by atoms with Gasteiger partial charge in [0.2, 0.25) is 0 Å². The van der Waals surface area contributed by atoms with Gasteiger partial charge in [0.1, 0.15) is 5.82 Å². The van der Waals surface area contributed by atoms with Gasteiger partial charge in [0, 0.05) is 31.4 Å². The number of nitrogens with zero attached hydrogens (tertiary/aromatic N) is 2. The second-order valence-corrected chi connectivity index (χ2v) is 5.86. The molecule has 3 atom stereocenters. The Morgan fingerprint density at radius 1 is 1.40 bits per heavy atom. The van der Waals surface area contributed by atoms with Crippen LogP contribution in [0.2, 0.25) is 0 Å². The largest absolute Gasteiger partial charge is 0.374 e. The van der Waals surface area contributed by atoms with E-state index in [9.17, 15) is 0 Å². The molecular weight excluding hydrogens is 250 g/mol. The predicted molar refractivity (Wildman–Crippen MR) is 81.9 cm³/mol. The summed E-state index contributed by atoms with van der Waals surface area (Å²) in [6.07, 6.45) is 10.4. The number of imidazole rings is 1. The van der Waals surface area contributed by atoms with Crippen molar-refractivity contribution in [3.63, 3.8) is 0 Å². The number of ether oxygens (including phenoxy) is 1. The summed E-state index contributed by atoms with van der Waals surface area (Å²) in [5, 5.41) is 3.66. The van der Waals surface area contributed by atoms with Gasteiger partial charge in [-0.25, -0.2) is 4.98 Å². The lowest BCUT2D eigenvalue weighted by molar-refractivity contribution is 0.0315. The maximum absolute atomic E-state index is 6.07. The Bertz CT molecular complexity index is 391. The van der Waals surface area contributed by atoms with Crippen molar-refractivity contribution in [1.82, 2.24) is 14.9 Å². The summed E-state index contributed by atoms with van der Waals surface area (Å²) in [5.41, 5.74) is 0. The van der Waals surface area contributed by atoms with Gasteiger partial charge in [0.15, 0.2) is 0 Å². The minimum atomic E-state index is 0.336. The number of hydrogen-bond acceptors (Lipinski definition) is 3. The van der Waals surface area contributed by atoms with E-state index in [-0.39, 0.29) is 0 Å². The zero-order chi connectivity index (χ0) is 14.4. The summed E-state index contributed by atoms with van der Waals surface area (Å²) in [6, 6.07) is 0.387. The highest BCUT2D eigenvalue weighted by molar-refractivity contribution is 4.98. The third kappa shape index (κ3) is 4.06. The summed E-state index contributed by atoms with van der Waals surface area (Å²) >= 11 is 0. The highest BCUT2D eigenvalue weighted by Crippen LogP contribution is 2.23. The van der Waals surface area contributed by atoms with Gasteiger partial charge in [0.25, 0.3) is 0 Å². The van der Waals surface area contributed by atoms with Crippen LogP contribution in [0.25, 0.3) is 0 Å². The van der Waals surface area contributed by atoms with Gasteiger partial charge < -0.3 is 14.6 Å². The normalized spacial score (nSPS) is 24.1. The number of hydrogen-bond donors (Lipinski definition) is 1. The molecule has 1 fully saturated rings. The van der Waals surface area contributed by atoms with Crippen LogP contribution in [0.15, 0.2) is 12.4 Å². The van der Waals surface area contributed by atoms with E-state index in [2.05, 4.69) is 41.8 Å². The van der Waals surface area contributed by atoms with Gasteiger partial charge in [-0.15, -0.1) is 0 Å². The minimum Gasteiger partial charge on any atom is -0.374 e. The lowest BCUT2D eigenvalue weighted by Crippen LogP contribution is -2.42. The molecule has 2 rings (SSSR count). The van der Waals surface area contributed by atoms with Crippen LogP contribution in [-0.2, 0) is 17.7 Å². The fraction of sp³-hybridized carbons (Fsp3) is 0.812. The van der Waals surface area contributed by atoms with Gasteiger partial charge in [-0.3, -0.25) is 0 Å². The average molecular weight is 279 g/mol. The predicted octanol–water partition coefficient (Wildman–Crippen LogP) is 2.77. The molecule has 114 valence electrons. The molecule has 0 radical (unpaired) electrons. The zero-order valence-electron chi connectivity index (χ0n) is 13.1. The van der Waals surface area contributed by atoms with Crippen LogP contribution in [-0.4, -0.2) is 34.3 Å². The lowest BCUT2D eigenvalue weighted by Gasteiger charge is -2.25. The smallest absolute Gasteiger partial charge is 0.110 e. The number of aromatic nitrogens is 2. The van der Waals surface area contributed by atoms with Crippen LogP contribution >= 0.6 is 0 Å². The number of nitrogens with one attached hydrogen (secondary N) is 1. The van der Waals surface area contributed by atoms with Crippen molar-refractivity contribution in [3.05, 3.63) is 18.2 Å². The Balaban J connectivity index is 2.00. The van der Waals surface area contributed by atoms with Crippen LogP contribution in [0, 0.1) is 0 Å². The molecule has 1 saturated heterocycles. The van der Waals surface area contributed by atoms with Crippen molar-refractivity contribution in [1.29, 1.82) is 0 Å². The van der Waals surface area contributed by atoms with Gasteiger partial charge in [-0.2, -0.15) is 0 Å². The first kappa shape index (κ1) is 15.5. The Morgan fingerprint density at radius 2 is 2.25 bits per heavy atom. The van der Waals surface area contributed by atoms with Crippen LogP contribution in [0.1, 0.15) is 52.3 Å². The fourth-order valence-corrected chi connectivity index (χ4v) is 2.97. The molecular formula is C16H29N3O. The van der Waals surface area contributed by atoms with Crippen molar-refractivity contribution in [2.24, 2.45) is 0 Å². The standard InChI is InChI=1S/C16H29N3O/c1-4-8-17-14(15-7-6-13(3)20-15)12-16-18-9-11-19(16)10-5-2/h9,11,13-15,17H,4-8,10,12H2,1-3H3. The molecule has 1 aliphatic rings. The molecule has 4 nitrogen and oxygen atoms in total. The first-order chi connectivity index (χ1) is 9.74. The molecule has 1 aromatic heterocycles.